The van der Waals surface area contributed by atoms with Gasteiger partial charge < -0.3 is 10.1 Å². The fourth-order valence-electron chi connectivity index (χ4n) is 1.81. The molecule has 0 saturated heterocycles. The van der Waals surface area contributed by atoms with Crippen LogP contribution in [0.3, 0.4) is 0 Å². The van der Waals surface area contributed by atoms with Gasteiger partial charge in [0.25, 0.3) is 0 Å². The van der Waals surface area contributed by atoms with Gasteiger partial charge in [-0.2, -0.15) is 0 Å². The molecule has 0 bridgehead atoms. The Bertz CT molecular complexity index is 697. The Morgan fingerprint density at radius 3 is 2.52 bits per heavy atom. The summed E-state index contributed by atoms with van der Waals surface area (Å²) >= 11 is 1.50. The third-order valence-corrected chi connectivity index (χ3v) is 3.66. The van der Waals surface area contributed by atoms with Crippen molar-refractivity contribution in [2.24, 2.45) is 0 Å². The van der Waals surface area contributed by atoms with Gasteiger partial charge in [0.15, 0.2) is 0 Å². The molecule has 0 saturated carbocycles. The van der Waals surface area contributed by atoms with Crippen LogP contribution in [0.4, 0.5) is 10.8 Å². The molecule has 106 valence electrons. The number of aromatic nitrogens is 3. The smallest absolute Gasteiger partial charge is 0.210 e. The summed E-state index contributed by atoms with van der Waals surface area (Å²) in [4.78, 5) is 4.00. The zero-order chi connectivity index (χ0) is 14.5. The summed E-state index contributed by atoms with van der Waals surface area (Å²) in [6, 6.07) is 11.6. The minimum absolute atomic E-state index is 0.665. The van der Waals surface area contributed by atoms with Crippen LogP contribution in [0.5, 0.6) is 5.75 Å². The monoisotopic (exact) mass is 298 g/mol. The van der Waals surface area contributed by atoms with Crippen molar-refractivity contribution in [1.82, 2.24) is 15.2 Å². The molecule has 0 spiro atoms. The molecule has 2 aromatic heterocycles. The molecule has 21 heavy (non-hydrogen) atoms. The molecule has 5 nitrogen and oxygen atoms in total. The van der Waals surface area contributed by atoms with Crippen molar-refractivity contribution in [3.63, 3.8) is 0 Å². The first-order valence-corrected chi connectivity index (χ1v) is 7.40. The lowest BCUT2D eigenvalue weighted by Crippen LogP contribution is -1.92. The normalized spacial score (nSPS) is 10.3. The van der Waals surface area contributed by atoms with Crippen LogP contribution in [0.1, 0.15) is 6.92 Å². The highest BCUT2D eigenvalue weighted by Crippen LogP contribution is 2.28. The number of rotatable bonds is 5. The lowest BCUT2D eigenvalue weighted by Gasteiger charge is -2.05. The van der Waals surface area contributed by atoms with Crippen molar-refractivity contribution in [2.75, 3.05) is 11.9 Å². The van der Waals surface area contributed by atoms with Gasteiger partial charge in [-0.3, -0.25) is 4.98 Å². The number of pyridine rings is 1. The van der Waals surface area contributed by atoms with Crippen LogP contribution in [0.2, 0.25) is 0 Å². The quantitative estimate of drug-likeness (QED) is 0.777. The van der Waals surface area contributed by atoms with Gasteiger partial charge in [-0.15, -0.1) is 10.2 Å². The topological polar surface area (TPSA) is 59.9 Å². The summed E-state index contributed by atoms with van der Waals surface area (Å²) in [7, 11) is 0. The molecular formula is C15H14N4OS. The molecule has 0 aliphatic rings. The Hall–Kier alpha value is -2.47. The lowest BCUT2D eigenvalue weighted by molar-refractivity contribution is 0.340. The zero-order valence-electron chi connectivity index (χ0n) is 11.5. The van der Waals surface area contributed by atoms with Gasteiger partial charge in [-0.05, 0) is 43.3 Å². The van der Waals surface area contributed by atoms with Crippen LogP contribution in [0.25, 0.3) is 10.6 Å². The van der Waals surface area contributed by atoms with E-state index in [1.807, 2.05) is 43.3 Å². The van der Waals surface area contributed by atoms with Crippen LogP contribution >= 0.6 is 11.3 Å². The number of nitrogens with one attached hydrogen (secondary N) is 1. The van der Waals surface area contributed by atoms with Crippen molar-refractivity contribution >= 4 is 22.2 Å². The Morgan fingerprint density at radius 2 is 1.81 bits per heavy atom. The van der Waals surface area contributed by atoms with E-state index in [4.69, 9.17) is 4.74 Å². The Balaban J connectivity index is 1.72. The number of ether oxygens (including phenoxy) is 1. The molecule has 0 atom stereocenters. The van der Waals surface area contributed by atoms with Crippen LogP contribution in [-0.2, 0) is 0 Å². The van der Waals surface area contributed by atoms with Gasteiger partial charge >= 0.3 is 0 Å². The summed E-state index contributed by atoms with van der Waals surface area (Å²) in [5.41, 5.74) is 1.97. The predicted octanol–water partition coefficient (Wildman–Crippen LogP) is 3.74. The lowest BCUT2D eigenvalue weighted by atomic mass is 10.3. The predicted molar refractivity (Wildman–Crippen MR) is 84.0 cm³/mol. The standard InChI is InChI=1S/C15H14N4OS/c1-2-20-13-5-3-12(4-6-13)17-15-19-18-14(21-15)11-7-9-16-10-8-11/h3-10H,2H2,1H3,(H,17,19). The van der Waals surface area contributed by atoms with E-state index in [0.29, 0.717) is 6.61 Å². The molecule has 6 heteroatoms. The third-order valence-electron chi connectivity index (χ3n) is 2.77. The van der Waals surface area contributed by atoms with E-state index in [1.54, 1.807) is 12.4 Å². The zero-order valence-corrected chi connectivity index (χ0v) is 12.3. The van der Waals surface area contributed by atoms with E-state index in [2.05, 4.69) is 20.5 Å². The largest absolute Gasteiger partial charge is 0.494 e. The maximum atomic E-state index is 5.41. The summed E-state index contributed by atoms with van der Waals surface area (Å²) in [5.74, 6) is 0.859. The summed E-state index contributed by atoms with van der Waals surface area (Å²) in [5, 5.41) is 13.2. The molecule has 3 rings (SSSR count). The van der Waals surface area contributed by atoms with Gasteiger partial charge in [-0.25, -0.2) is 0 Å². The van der Waals surface area contributed by atoms with Crippen molar-refractivity contribution in [3.05, 3.63) is 48.8 Å². The third kappa shape index (κ3) is 3.35. The van der Waals surface area contributed by atoms with Gasteiger partial charge in [0, 0.05) is 23.6 Å². The molecule has 2 heterocycles. The Morgan fingerprint density at radius 1 is 1.05 bits per heavy atom. The summed E-state index contributed by atoms with van der Waals surface area (Å²) < 4.78 is 5.41. The highest BCUT2D eigenvalue weighted by atomic mass is 32.1. The van der Waals surface area contributed by atoms with E-state index in [0.717, 1.165) is 27.1 Å². The van der Waals surface area contributed by atoms with Crippen molar-refractivity contribution in [1.29, 1.82) is 0 Å². The maximum Gasteiger partial charge on any atom is 0.210 e. The van der Waals surface area contributed by atoms with Crippen LogP contribution in [0.15, 0.2) is 48.8 Å². The minimum atomic E-state index is 0.665. The highest BCUT2D eigenvalue weighted by Gasteiger charge is 2.06. The van der Waals surface area contributed by atoms with Gasteiger partial charge in [0.1, 0.15) is 10.8 Å². The fourth-order valence-corrected chi connectivity index (χ4v) is 2.58. The van der Waals surface area contributed by atoms with Gasteiger partial charge in [0.05, 0.1) is 6.61 Å². The molecular weight excluding hydrogens is 284 g/mol. The first kappa shape index (κ1) is 13.5. The fraction of sp³-hybridized carbons (Fsp3) is 0.133. The van der Waals surface area contributed by atoms with Gasteiger partial charge in [-0.1, -0.05) is 11.3 Å². The second kappa shape index (κ2) is 6.32. The van der Waals surface area contributed by atoms with E-state index in [-0.39, 0.29) is 0 Å². The minimum Gasteiger partial charge on any atom is -0.494 e. The molecule has 0 unspecified atom stereocenters. The van der Waals surface area contributed by atoms with Crippen LogP contribution in [0, 0.1) is 0 Å². The summed E-state index contributed by atoms with van der Waals surface area (Å²) in [6.45, 7) is 2.63. The molecule has 0 aliphatic heterocycles. The van der Waals surface area contributed by atoms with Crippen LogP contribution < -0.4 is 10.1 Å². The highest BCUT2D eigenvalue weighted by molar-refractivity contribution is 7.18. The first-order chi connectivity index (χ1) is 10.3. The van der Waals surface area contributed by atoms with Gasteiger partial charge in [0.2, 0.25) is 5.13 Å². The molecule has 1 aromatic carbocycles. The second-order valence-corrected chi connectivity index (χ2v) is 5.21. The maximum absolute atomic E-state index is 5.41. The number of hydrogen-bond acceptors (Lipinski definition) is 6. The van der Waals surface area contributed by atoms with Crippen molar-refractivity contribution in [3.8, 4) is 16.3 Å². The van der Waals surface area contributed by atoms with E-state index >= 15 is 0 Å². The molecule has 0 radical (unpaired) electrons. The second-order valence-electron chi connectivity index (χ2n) is 4.23. The first-order valence-electron chi connectivity index (χ1n) is 6.59. The number of benzene rings is 1. The number of hydrogen-bond donors (Lipinski definition) is 1. The summed E-state index contributed by atoms with van der Waals surface area (Å²) in [6.07, 6.45) is 3.49. The molecule has 0 aliphatic carbocycles. The van der Waals surface area contributed by atoms with E-state index in [9.17, 15) is 0 Å². The van der Waals surface area contributed by atoms with E-state index in [1.165, 1.54) is 11.3 Å². The average Bonchev–Trinajstić information content (AvgIpc) is 2.99. The molecule has 1 N–H and O–H groups in total. The number of nitrogens with zero attached hydrogens (tertiary/aromatic N) is 3. The SMILES string of the molecule is CCOc1ccc(Nc2nnc(-c3ccncc3)s2)cc1. The molecule has 3 aromatic rings. The average molecular weight is 298 g/mol. The Labute approximate surface area is 126 Å². The van der Waals surface area contributed by atoms with E-state index < -0.39 is 0 Å². The molecule has 0 fully saturated rings. The van der Waals surface area contributed by atoms with Crippen molar-refractivity contribution < 1.29 is 4.74 Å². The Kier molecular flexibility index (Phi) is 4.07. The van der Waals surface area contributed by atoms with Crippen LogP contribution in [-0.4, -0.2) is 21.8 Å². The molecule has 0 amide bonds. The number of anilines is 2. The van der Waals surface area contributed by atoms with Crippen molar-refractivity contribution in [2.45, 2.75) is 6.92 Å².